The standard InChI is InChI=1S/C19H22FN3O3S/c1-13(2)23(4)19-18(15-5-7-16(20)8-6-15)10-9-17(21-19)11-12-27(25,26)22-14(3)24/h5-13H,1-4H3,(H,22,24)/b12-11+. The number of nitrogens with one attached hydrogen (secondary N) is 1. The summed E-state index contributed by atoms with van der Waals surface area (Å²) in [6.07, 6.45) is 1.32. The maximum absolute atomic E-state index is 13.2. The van der Waals surface area contributed by atoms with Crippen LogP contribution in [0.1, 0.15) is 26.5 Å². The Balaban J connectivity index is 2.47. The predicted molar refractivity (Wildman–Crippen MR) is 105 cm³/mol. The van der Waals surface area contributed by atoms with Crippen LogP contribution in [-0.4, -0.2) is 32.4 Å². The highest BCUT2D eigenvalue weighted by molar-refractivity contribution is 7.93. The Morgan fingerprint density at radius 3 is 2.37 bits per heavy atom. The van der Waals surface area contributed by atoms with E-state index in [1.807, 2.05) is 30.5 Å². The minimum absolute atomic E-state index is 0.138. The first-order valence-electron chi connectivity index (χ1n) is 8.30. The molecule has 0 saturated carbocycles. The lowest BCUT2D eigenvalue weighted by Gasteiger charge is -2.25. The summed E-state index contributed by atoms with van der Waals surface area (Å²) in [5.74, 6) is -0.358. The third kappa shape index (κ3) is 5.62. The van der Waals surface area contributed by atoms with E-state index in [-0.39, 0.29) is 11.9 Å². The number of pyridine rings is 1. The molecule has 1 amide bonds. The van der Waals surface area contributed by atoms with Crippen molar-refractivity contribution in [3.8, 4) is 11.1 Å². The highest BCUT2D eigenvalue weighted by atomic mass is 32.2. The number of benzene rings is 1. The van der Waals surface area contributed by atoms with Crippen molar-refractivity contribution in [3.63, 3.8) is 0 Å². The number of halogens is 1. The number of rotatable bonds is 6. The fourth-order valence-corrected chi connectivity index (χ4v) is 3.10. The first-order valence-corrected chi connectivity index (χ1v) is 9.85. The van der Waals surface area contributed by atoms with E-state index in [0.29, 0.717) is 11.5 Å². The minimum Gasteiger partial charge on any atom is -0.357 e. The molecule has 0 aliphatic rings. The predicted octanol–water partition coefficient (Wildman–Crippen LogP) is 3.17. The van der Waals surface area contributed by atoms with Gasteiger partial charge in [-0.05, 0) is 49.8 Å². The maximum Gasteiger partial charge on any atom is 0.257 e. The van der Waals surface area contributed by atoms with Crippen molar-refractivity contribution in [2.45, 2.75) is 26.8 Å². The van der Waals surface area contributed by atoms with Gasteiger partial charge in [0.05, 0.1) is 11.1 Å². The Labute approximate surface area is 158 Å². The molecule has 6 nitrogen and oxygen atoms in total. The van der Waals surface area contributed by atoms with E-state index in [0.717, 1.165) is 23.5 Å². The second kappa shape index (κ2) is 8.30. The van der Waals surface area contributed by atoms with E-state index >= 15 is 0 Å². The van der Waals surface area contributed by atoms with Crippen molar-refractivity contribution < 1.29 is 17.6 Å². The number of aromatic nitrogens is 1. The molecule has 0 saturated heterocycles. The van der Waals surface area contributed by atoms with Crippen LogP contribution in [0.5, 0.6) is 0 Å². The third-order valence-corrected chi connectivity index (χ3v) is 4.93. The average molecular weight is 391 g/mol. The molecule has 0 bridgehead atoms. The van der Waals surface area contributed by atoms with Gasteiger partial charge in [0.2, 0.25) is 5.91 Å². The van der Waals surface area contributed by atoms with Gasteiger partial charge in [-0.2, -0.15) is 0 Å². The van der Waals surface area contributed by atoms with E-state index in [2.05, 4.69) is 4.98 Å². The van der Waals surface area contributed by atoms with E-state index in [9.17, 15) is 17.6 Å². The molecule has 0 radical (unpaired) electrons. The van der Waals surface area contributed by atoms with Crippen molar-refractivity contribution in [2.24, 2.45) is 0 Å². The zero-order valence-corrected chi connectivity index (χ0v) is 16.4. The highest BCUT2D eigenvalue weighted by Gasteiger charge is 2.15. The molecule has 27 heavy (non-hydrogen) atoms. The summed E-state index contributed by atoms with van der Waals surface area (Å²) in [6, 6.07) is 9.69. The van der Waals surface area contributed by atoms with Gasteiger partial charge in [0.1, 0.15) is 11.6 Å². The molecule has 0 unspecified atom stereocenters. The van der Waals surface area contributed by atoms with Gasteiger partial charge in [-0.1, -0.05) is 12.1 Å². The van der Waals surface area contributed by atoms with Crippen LogP contribution < -0.4 is 9.62 Å². The average Bonchev–Trinajstić information content (AvgIpc) is 2.59. The largest absolute Gasteiger partial charge is 0.357 e. The first kappa shape index (κ1) is 20.6. The van der Waals surface area contributed by atoms with Crippen molar-refractivity contribution in [1.82, 2.24) is 9.71 Å². The molecule has 0 aliphatic carbocycles. The number of nitrogens with zero attached hydrogens (tertiary/aromatic N) is 2. The molecular weight excluding hydrogens is 369 g/mol. The summed E-state index contributed by atoms with van der Waals surface area (Å²) in [7, 11) is -1.99. The summed E-state index contributed by atoms with van der Waals surface area (Å²) < 4.78 is 38.6. The number of amides is 1. The van der Waals surface area contributed by atoms with Gasteiger partial charge in [-0.3, -0.25) is 4.79 Å². The molecule has 1 N–H and O–H groups in total. The molecule has 1 aromatic carbocycles. The van der Waals surface area contributed by atoms with Gasteiger partial charge in [0.15, 0.2) is 0 Å². The monoisotopic (exact) mass is 391 g/mol. The molecule has 0 atom stereocenters. The topological polar surface area (TPSA) is 79.4 Å². The Kier molecular flexibility index (Phi) is 6.32. The van der Waals surface area contributed by atoms with Gasteiger partial charge in [0, 0.05) is 25.6 Å². The molecule has 0 spiro atoms. The highest BCUT2D eigenvalue weighted by Crippen LogP contribution is 2.30. The van der Waals surface area contributed by atoms with Gasteiger partial charge < -0.3 is 4.90 Å². The van der Waals surface area contributed by atoms with Crippen LogP contribution in [0.4, 0.5) is 10.2 Å². The van der Waals surface area contributed by atoms with Crippen LogP contribution in [0.2, 0.25) is 0 Å². The Morgan fingerprint density at radius 1 is 1.19 bits per heavy atom. The number of carbonyl (C=O) groups is 1. The molecule has 2 rings (SSSR count). The lowest BCUT2D eigenvalue weighted by molar-refractivity contribution is -0.117. The number of sulfonamides is 1. The molecular formula is C19H22FN3O3S. The van der Waals surface area contributed by atoms with Crippen molar-refractivity contribution >= 4 is 27.8 Å². The van der Waals surface area contributed by atoms with Gasteiger partial charge in [0.25, 0.3) is 10.0 Å². The van der Waals surface area contributed by atoms with Crippen LogP contribution in [0.15, 0.2) is 41.8 Å². The molecule has 8 heteroatoms. The van der Waals surface area contributed by atoms with Crippen LogP contribution in [0, 0.1) is 5.82 Å². The molecule has 0 aliphatic heterocycles. The molecule has 1 aromatic heterocycles. The Bertz CT molecular complexity index is 955. The molecule has 0 fully saturated rings. The van der Waals surface area contributed by atoms with Crippen molar-refractivity contribution in [2.75, 3.05) is 11.9 Å². The van der Waals surface area contributed by atoms with Gasteiger partial charge >= 0.3 is 0 Å². The lowest BCUT2D eigenvalue weighted by atomic mass is 10.0. The van der Waals surface area contributed by atoms with E-state index < -0.39 is 15.9 Å². The zero-order chi connectivity index (χ0) is 20.2. The molecule has 144 valence electrons. The van der Waals surface area contributed by atoms with Gasteiger partial charge in [-0.25, -0.2) is 22.5 Å². The first-order chi connectivity index (χ1) is 12.6. The minimum atomic E-state index is -3.87. The lowest BCUT2D eigenvalue weighted by Crippen LogP contribution is -2.27. The normalized spacial score (nSPS) is 11.8. The SMILES string of the molecule is CC(=O)NS(=O)(=O)/C=C/c1ccc(-c2ccc(F)cc2)c(N(C)C(C)C)n1. The number of hydrogen-bond acceptors (Lipinski definition) is 5. The Hall–Kier alpha value is -2.74. The third-order valence-electron chi connectivity index (χ3n) is 3.86. The van der Waals surface area contributed by atoms with Crippen LogP contribution in [-0.2, 0) is 14.8 Å². The maximum atomic E-state index is 13.2. The van der Waals surface area contributed by atoms with E-state index in [1.54, 1.807) is 24.3 Å². The zero-order valence-electron chi connectivity index (χ0n) is 15.6. The quantitative estimate of drug-likeness (QED) is 0.818. The number of carbonyl (C=O) groups excluding carboxylic acids is 1. The van der Waals surface area contributed by atoms with E-state index in [1.165, 1.54) is 18.2 Å². The summed E-state index contributed by atoms with van der Waals surface area (Å²) in [5.41, 5.74) is 2.01. The number of anilines is 1. The fraction of sp³-hybridized carbons (Fsp3) is 0.263. The summed E-state index contributed by atoms with van der Waals surface area (Å²) in [5, 5.41) is 0.896. The van der Waals surface area contributed by atoms with Crippen molar-refractivity contribution in [3.05, 3.63) is 53.3 Å². The second-order valence-electron chi connectivity index (χ2n) is 6.32. The Morgan fingerprint density at radius 2 is 1.81 bits per heavy atom. The fourth-order valence-electron chi connectivity index (χ4n) is 2.32. The van der Waals surface area contributed by atoms with Gasteiger partial charge in [-0.15, -0.1) is 0 Å². The second-order valence-corrected chi connectivity index (χ2v) is 7.89. The van der Waals surface area contributed by atoms with Crippen LogP contribution in [0.25, 0.3) is 17.2 Å². The smallest absolute Gasteiger partial charge is 0.257 e. The molecule has 1 heterocycles. The van der Waals surface area contributed by atoms with Crippen LogP contribution in [0.3, 0.4) is 0 Å². The molecule has 2 aromatic rings. The van der Waals surface area contributed by atoms with E-state index in [4.69, 9.17) is 0 Å². The number of hydrogen-bond donors (Lipinski definition) is 1. The van der Waals surface area contributed by atoms with Crippen LogP contribution >= 0.6 is 0 Å². The van der Waals surface area contributed by atoms with Crippen molar-refractivity contribution in [1.29, 1.82) is 0 Å². The summed E-state index contributed by atoms with van der Waals surface area (Å²) in [6.45, 7) is 5.12. The summed E-state index contributed by atoms with van der Waals surface area (Å²) >= 11 is 0. The summed E-state index contributed by atoms with van der Waals surface area (Å²) in [4.78, 5) is 17.4.